The van der Waals surface area contributed by atoms with Crippen molar-refractivity contribution in [2.75, 3.05) is 26.2 Å². The third kappa shape index (κ3) is 3.11. The minimum Gasteiger partial charge on any atom is -0.389 e. The molecule has 1 unspecified atom stereocenters. The number of aliphatic hydroxyl groups is 1. The Morgan fingerprint density at radius 1 is 1.32 bits per heavy atom. The van der Waals surface area contributed by atoms with E-state index >= 15 is 0 Å². The maximum absolute atomic E-state index is 13.1. The van der Waals surface area contributed by atoms with Gasteiger partial charge in [0, 0.05) is 43.7 Å². The summed E-state index contributed by atoms with van der Waals surface area (Å²) in [5.74, 6) is -1.41. The minimum atomic E-state index is -2.56. The SMILES string of the molecule is C[C@]1(C(F)F)C[C@H]1C(=O)N1CCN(C(=O)c2ccnc3[nH]ncc23)CC(O)C1. The fourth-order valence-corrected chi connectivity index (χ4v) is 3.79. The number of aromatic nitrogens is 3. The van der Waals surface area contributed by atoms with Gasteiger partial charge in [-0.2, -0.15) is 5.10 Å². The molecule has 2 amide bonds. The van der Waals surface area contributed by atoms with Crippen LogP contribution in [0.5, 0.6) is 0 Å². The minimum absolute atomic E-state index is 0.0237. The van der Waals surface area contributed by atoms with Gasteiger partial charge >= 0.3 is 0 Å². The number of H-pyrrole nitrogens is 1. The maximum Gasteiger partial charge on any atom is 0.254 e. The van der Waals surface area contributed by atoms with Crippen molar-refractivity contribution in [2.24, 2.45) is 11.3 Å². The highest BCUT2D eigenvalue weighted by Crippen LogP contribution is 2.57. The van der Waals surface area contributed by atoms with Gasteiger partial charge < -0.3 is 14.9 Å². The molecule has 2 fully saturated rings. The molecule has 2 aromatic heterocycles. The number of hydrogen-bond donors (Lipinski definition) is 2. The number of amides is 2. The molecule has 0 bridgehead atoms. The van der Waals surface area contributed by atoms with Crippen molar-refractivity contribution < 1.29 is 23.5 Å². The molecule has 8 nitrogen and oxygen atoms in total. The van der Waals surface area contributed by atoms with Crippen LogP contribution in [0.15, 0.2) is 18.5 Å². The van der Waals surface area contributed by atoms with Crippen LogP contribution in [-0.2, 0) is 4.79 Å². The highest BCUT2D eigenvalue weighted by molar-refractivity contribution is 6.05. The van der Waals surface area contributed by atoms with Gasteiger partial charge in [-0.15, -0.1) is 0 Å². The molecule has 1 saturated heterocycles. The third-order valence-electron chi connectivity index (χ3n) is 5.76. The molecule has 2 aromatic rings. The van der Waals surface area contributed by atoms with Crippen molar-refractivity contribution in [3.63, 3.8) is 0 Å². The number of nitrogens with zero attached hydrogens (tertiary/aromatic N) is 4. The Morgan fingerprint density at radius 2 is 2.04 bits per heavy atom. The van der Waals surface area contributed by atoms with Gasteiger partial charge in [0.2, 0.25) is 12.3 Å². The Bertz CT molecular complexity index is 920. The first-order valence-corrected chi connectivity index (χ1v) is 9.13. The summed E-state index contributed by atoms with van der Waals surface area (Å²) >= 11 is 0. The van der Waals surface area contributed by atoms with Crippen LogP contribution in [-0.4, -0.2) is 80.6 Å². The molecule has 3 heterocycles. The lowest BCUT2D eigenvalue weighted by molar-refractivity contribution is -0.135. The number of aliphatic hydroxyl groups excluding tert-OH is 1. The first-order valence-electron chi connectivity index (χ1n) is 9.13. The molecule has 0 aromatic carbocycles. The number of carbonyl (C=O) groups excluding carboxylic acids is 2. The molecule has 1 saturated carbocycles. The molecule has 1 aliphatic heterocycles. The van der Waals surface area contributed by atoms with E-state index in [1.807, 2.05) is 0 Å². The monoisotopic (exact) mass is 393 g/mol. The molecule has 2 aliphatic rings. The standard InChI is InChI=1S/C18H21F2N5O3/c1-18(17(19)20)6-13(18)16(28)25-5-4-24(8-10(26)9-25)15(27)11-2-3-21-14-12(11)7-22-23-14/h2-3,7,10,13,17,26H,4-6,8-9H2,1H3,(H,21,22,23)/t10?,13-,18-/m0/s1. The fraction of sp³-hybridized carbons (Fsp3) is 0.556. The van der Waals surface area contributed by atoms with Gasteiger partial charge in [0.25, 0.3) is 5.91 Å². The predicted octanol–water partition coefficient (Wildman–Crippen LogP) is 0.895. The Morgan fingerprint density at radius 3 is 2.75 bits per heavy atom. The number of alkyl halides is 2. The number of halogens is 2. The van der Waals surface area contributed by atoms with Crippen LogP contribution in [0.25, 0.3) is 11.0 Å². The summed E-state index contributed by atoms with van der Waals surface area (Å²) < 4.78 is 26.2. The van der Waals surface area contributed by atoms with E-state index in [4.69, 9.17) is 0 Å². The van der Waals surface area contributed by atoms with Crippen LogP contribution in [0.2, 0.25) is 0 Å². The quantitative estimate of drug-likeness (QED) is 0.807. The Hall–Kier alpha value is -2.62. The van der Waals surface area contributed by atoms with Crippen LogP contribution in [0, 0.1) is 11.3 Å². The van der Waals surface area contributed by atoms with Gasteiger partial charge in [-0.3, -0.25) is 14.7 Å². The average molecular weight is 393 g/mol. The van der Waals surface area contributed by atoms with E-state index in [-0.39, 0.29) is 44.4 Å². The second-order valence-electron chi connectivity index (χ2n) is 7.74. The summed E-state index contributed by atoms with van der Waals surface area (Å²) in [6, 6.07) is 1.58. The molecule has 1 aliphatic carbocycles. The van der Waals surface area contributed by atoms with E-state index in [1.165, 1.54) is 29.1 Å². The van der Waals surface area contributed by atoms with Crippen LogP contribution < -0.4 is 0 Å². The second kappa shape index (κ2) is 6.77. The lowest BCUT2D eigenvalue weighted by Gasteiger charge is -2.23. The zero-order valence-corrected chi connectivity index (χ0v) is 15.3. The first-order chi connectivity index (χ1) is 13.3. The molecule has 150 valence electrons. The molecular weight excluding hydrogens is 372 g/mol. The largest absolute Gasteiger partial charge is 0.389 e. The molecule has 10 heteroatoms. The zero-order valence-electron chi connectivity index (χ0n) is 15.3. The zero-order chi connectivity index (χ0) is 20.1. The van der Waals surface area contributed by atoms with Gasteiger partial charge in [0.1, 0.15) is 0 Å². The molecule has 4 rings (SSSR count). The van der Waals surface area contributed by atoms with E-state index in [0.717, 1.165) is 0 Å². The Kier molecular flexibility index (Phi) is 4.53. The smallest absolute Gasteiger partial charge is 0.254 e. The second-order valence-corrected chi connectivity index (χ2v) is 7.74. The van der Waals surface area contributed by atoms with Crippen molar-refractivity contribution in [2.45, 2.75) is 25.9 Å². The molecule has 28 heavy (non-hydrogen) atoms. The van der Waals surface area contributed by atoms with Crippen molar-refractivity contribution >= 4 is 22.8 Å². The molecular formula is C18H21F2N5O3. The van der Waals surface area contributed by atoms with Gasteiger partial charge in [0.15, 0.2) is 5.65 Å². The summed E-state index contributed by atoms with van der Waals surface area (Å²) in [5.41, 5.74) is -0.399. The molecule has 3 atom stereocenters. The van der Waals surface area contributed by atoms with Crippen molar-refractivity contribution in [3.05, 3.63) is 24.0 Å². The van der Waals surface area contributed by atoms with Gasteiger partial charge in [-0.25, -0.2) is 13.8 Å². The Balaban J connectivity index is 1.48. The number of rotatable bonds is 3. The number of β-amino-alcohol motifs (C(OH)–C–C–N with tert-alkyl or cyclic N) is 1. The number of fused-ring (bicyclic) bond motifs is 1. The summed E-state index contributed by atoms with van der Waals surface area (Å²) in [4.78, 5) is 32.6. The van der Waals surface area contributed by atoms with Crippen molar-refractivity contribution in [1.82, 2.24) is 25.0 Å². The van der Waals surface area contributed by atoms with Crippen LogP contribution in [0.3, 0.4) is 0 Å². The summed E-state index contributed by atoms with van der Waals surface area (Å²) in [6.07, 6.45) is -0.350. The number of nitrogens with one attached hydrogen (secondary N) is 1. The van der Waals surface area contributed by atoms with Crippen LogP contribution in [0.1, 0.15) is 23.7 Å². The van der Waals surface area contributed by atoms with Crippen LogP contribution in [0.4, 0.5) is 8.78 Å². The van der Waals surface area contributed by atoms with Crippen molar-refractivity contribution in [1.29, 1.82) is 0 Å². The van der Waals surface area contributed by atoms with Crippen LogP contribution >= 0.6 is 0 Å². The fourth-order valence-electron chi connectivity index (χ4n) is 3.79. The lowest BCUT2D eigenvalue weighted by atomic mass is 10.1. The molecule has 0 spiro atoms. The Labute approximate surface area is 159 Å². The first kappa shape index (κ1) is 18.7. The van der Waals surface area contributed by atoms with Crippen molar-refractivity contribution in [3.8, 4) is 0 Å². The highest BCUT2D eigenvalue weighted by atomic mass is 19.3. The van der Waals surface area contributed by atoms with E-state index in [2.05, 4.69) is 15.2 Å². The summed E-state index contributed by atoms with van der Waals surface area (Å²) in [7, 11) is 0. The van der Waals surface area contributed by atoms with Gasteiger partial charge in [-0.1, -0.05) is 6.92 Å². The number of pyridine rings is 1. The van der Waals surface area contributed by atoms with E-state index in [0.29, 0.717) is 16.6 Å². The van der Waals surface area contributed by atoms with E-state index in [1.54, 1.807) is 6.07 Å². The van der Waals surface area contributed by atoms with E-state index < -0.39 is 23.9 Å². The maximum atomic E-state index is 13.1. The topological polar surface area (TPSA) is 102 Å². The van der Waals surface area contributed by atoms with Gasteiger partial charge in [-0.05, 0) is 12.5 Å². The number of aromatic amines is 1. The number of hydrogen-bond acceptors (Lipinski definition) is 5. The number of carbonyl (C=O) groups is 2. The summed E-state index contributed by atoms with van der Waals surface area (Å²) in [6.45, 7) is 1.89. The lowest BCUT2D eigenvalue weighted by Crippen LogP contribution is -2.39. The predicted molar refractivity (Wildman–Crippen MR) is 94.6 cm³/mol. The average Bonchev–Trinajstić information content (AvgIpc) is 3.21. The highest BCUT2D eigenvalue weighted by Gasteiger charge is 2.61. The third-order valence-corrected chi connectivity index (χ3v) is 5.76. The van der Waals surface area contributed by atoms with Gasteiger partial charge in [0.05, 0.1) is 23.3 Å². The molecule has 2 N–H and O–H groups in total. The molecule has 0 radical (unpaired) electrons. The normalized spacial score (nSPS) is 27.9. The summed E-state index contributed by atoms with van der Waals surface area (Å²) in [5, 5.41) is 17.5. The van der Waals surface area contributed by atoms with E-state index in [9.17, 15) is 23.5 Å².